The molecule has 4 heteroatoms. The van der Waals surface area contributed by atoms with Crippen LogP contribution in [0.2, 0.25) is 0 Å². The predicted octanol–water partition coefficient (Wildman–Crippen LogP) is 3.16. The van der Waals surface area contributed by atoms with Crippen molar-refractivity contribution in [3.05, 3.63) is 65.7 Å². The first-order valence-electron chi connectivity index (χ1n) is 6.85. The van der Waals surface area contributed by atoms with Gasteiger partial charge < -0.3 is 14.8 Å². The highest BCUT2D eigenvalue weighted by Gasteiger charge is 2.02. The van der Waals surface area contributed by atoms with Crippen molar-refractivity contribution in [2.24, 2.45) is 0 Å². The van der Waals surface area contributed by atoms with Gasteiger partial charge in [0, 0.05) is 6.54 Å². The second kappa shape index (κ2) is 7.94. The number of carbonyl (C=O) groups is 1. The van der Waals surface area contributed by atoms with Crippen LogP contribution in [0.3, 0.4) is 0 Å². The third-order valence-electron chi connectivity index (χ3n) is 3.05. The molecule has 0 aliphatic heterocycles. The number of rotatable bonds is 6. The lowest BCUT2D eigenvalue weighted by molar-refractivity contribution is 0.140. The zero-order chi connectivity index (χ0) is 14.9. The van der Waals surface area contributed by atoms with Gasteiger partial charge in [-0.25, -0.2) is 4.79 Å². The number of hydrogen-bond acceptors (Lipinski definition) is 3. The minimum absolute atomic E-state index is 0.287. The third kappa shape index (κ3) is 5.18. The highest BCUT2D eigenvalue weighted by Crippen LogP contribution is 2.11. The number of alkyl carbamates (subject to hydrolysis) is 1. The van der Waals surface area contributed by atoms with Gasteiger partial charge in [-0.3, -0.25) is 0 Å². The Morgan fingerprint density at radius 1 is 1.00 bits per heavy atom. The molecule has 0 atom stereocenters. The van der Waals surface area contributed by atoms with Crippen molar-refractivity contribution in [3.63, 3.8) is 0 Å². The Hall–Kier alpha value is -2.49. The highest BCUT2D eigenvalue weighted by molar-refractivity contribution is 5.67. The molecule has 4 nitrogen and oxygen atoms in total. The second-order valence-electron chi connectivity index (χ2n) is 4.59. The Morgan fingerprint density at radius 2 is 1.71 bits per heavy atom. The molecule has 0 radical (unpaired) electrons. The van der Waals surface area contributed by atoms with E-state index in [0.29, 0.717) is 6.54 Å². The van der Waals surface area contributed by atoms with E-state index in [9.17, 15) is 4.79 Å². The molecule has 2 aromatic rings. The largest absolute Gasteiger partial charge is 0.497 e. The number of carbonyl (C=O) groups excluding carboxylic acids is 1. The summed E-state index contributed by atoms with van der Waals surface area (Å²) in [4.78, 5) is 11.6. The summed E-state index contributed by atoms with van der Waals surface area (Å²) in [5, 5.41) is 2.74. The Labute approximate surface area is 124 Å². The lowest BCUT2D eigenvalue weighted by Gasteiger charge is -2.07. The normalized spacial score (nSPS) is 9.95. The summed E-state index contributed by atoms with van der Waals surface area (Å²) < 4.78 is 10.2. The maximum absolute atomic E-state index is 11.6. The average molecular weight is 285 g/mol. The molecule has 0 aliphatic rings. The molecular formula is C17H19NO3. The molecule has 0 aromatic heterocycles. The van der Waals surface area contributed by atoms with E-state index in [-0.39, 0.29) is 6.61 Å². The van der Waals surface area contributed by atoms with Crippen molar-refractivity contribution in [3.8, 4) is 5.75 Å². The fourth-order valence-electron chi connectivity index (χ4n) is 1.88. The summed E-state index contributed by atoms with van der Waals surface area (Å²) in [6.45, 7) is 0.829. The fraction of sp³-hybridized carbons (Fsp3) is 0.235. The minimum Gasteiger partial charge on any atom is -0.497 e. The summed E-state index contributed by atoms with van der Waals surface area (Å²) in [5.74, 6) is 0.828. The smallest absolute Gasteiger partial charge is 0.407 e. The van der Waals surface area contributed by atoms with Gasteiger partial charge in [-0.2, -0.15) is 0 Å². The molecule has 0 aliphatic carbocycles. The van der Waals surface area contributed by atoms with Crippen molar-refractivity contribution in [2.75, 3.05) is 13.7 Å². The molecule has 0 heterocycles. The SMILES string of the molecule is COc1ccc(CCNC(=O)OCc2ccccc2)cc1. The van der Waals surface area contributed by atoms with Gasteiger partial charge in [-0.1, -0.05) is 42.5 Å². The molecule has 0 saturated carbocycles. The Morgan fingerprint density at radius 3 is 2.38 bits per heavy atom. The van der Waals surface area contributed by atoms with Crippen LogP contribution >= 0.6 is 0 Å². The van der Waals surface area contributed by atoms with Crippen LogP contribution in [0.5, 0.6) is 5.75 Å². The quantitative estimate of drug-likeness (QED) is 0.887. The molecule has 21 heavy (non-hydrogen) atoms. The Bertz CT molecular complexity index is 552. The van der Waals surface area contributed by atoms with E-state index < -0.39 is 6.09 Å². The number of benzene rings is 2. The fourth-order valence-corrected chi connectivity index (χ4v) is 1.88. The van der Waals surface area contributed by atoms with E-state index in [1.54, 1.807) is 7.11 Å². The molecule has 2 rings (SSSR count). The molecular weight excluding hydrogens is 266 g/mol. The zero-order valence-corrected chi connectivity index (χ0v) is 12.0. The first kappa shape index (κ1) is 14.9. The van der Waals surface area contributed by atoms with Gasteiger partial charge in [0.1, 0.15) is 12.4 Å². The minimum atomic E-state index is -0.396. The van der Waals surface area contributed by atoms with Crippen LogP contribution in [0.1, 0.15) is 11.1 Å². The van der Waals surface area contributed by atoms with Crippen LogP contribution in [-0.2, 0) is 17.8 Å². The second-order valence-corrected chi connectivity index (χ2v) is 4.59. The van der Waals surface area contributed by atoms with Gasteiger partial charge in [-0.05, 0) is 29.7 Å². The van der Waals surface area contributed by atoms with E-state index >= 15 is 0 Å². The maximum Gasteiger partial charge on any atom is 0.407 e. The van der Waals surface area contributed by atoms with E-state index in [1.165, 1.54) is 0 Å². The lowest BCUT2D eigenvalue weighted by atomic mass is 10.1. The molecule has 0 spiro atoms. The van der Waals surface area contributed by atoms with E-state index in [4.69, 9.17) is 9.47 Å². The molecule has 0 unspecified atom stereocenters. The monoisotopic (exact) mass is 285 g/mol. The summed E-state index contributed by atoms with van der Waals surface area (Å²) in [5.41, 5.74) is 2.11. The van der Waals surface area contributed by atoms with Gasteiger partial charge in [0.25, 0.3) is 0 Å². The van der Waals surface area contributed by atoms with Gasteiger partial charge in [0.05, 0.1) is 7.11 Å². The zero-order valence-electron chi connectivity index (χ0n) is 12.0. The number of ether oxygens (including phenoxy) is 2. The van der Waals surface area contributed by atoms with Crippen molar-refractivity contribution in [2.45, 2.75) is 13.0 Å². The standard InChI is InChI=1S/C17H19NO3/c1-20-16-9-7-14(8-10-16)11-12-18-17(19)21-13-15-5-3-2-4-6-15/h2-10H,11-13H2,1H3,(H,18,19). The van der Waals surface area contributed by atoms with Crippen LogP contribution in [-0.4, -0.2) is 19.7 Å². The Kier molecular flexibility index (Phi) is 5.64. The first-order chi connectivity index (χ1) is 10.3. The predicted molar refractivity (Wildman–Crippen MR) is 81.3 cm³/mol. The molecule has 0 bridgehead atoms. The number of hydrogen-bond donors (Lipinski definition) is 1. The van der Waals surface area contributed by atoms with E-state index in [0.717, 1.165) is 23.3 Å². The molecule has 110 valence electrons. The van der Waals surface area contributed by atoms with E-state index in [1.807, 2.05) is 54.6 Å². The topological polar surface area (TPSA) is 47.6 Å². The van der Waals surface area contributed by atoms with Crippen molar-refractivity contribution < 1.29 is 14.3 Å². The summed E-state index contributed by atoms with van der Waals surface area (Å²) >= 11 is 0. The highest BCUT2D eigenvalue weighted by atomic mass is 16.5. The van der Waals surface area contributed by atoms with Crippen LogP contribution in [0.4, 0.5) is 4.79 Å². The maximum atomic E-state index is 11.6. The van der Waals surface area contributed by atoms with Gasteiger partial charge in [0.2, 0.25) is 0 Å². The van der Waals surface area contributed by atoms with Gasteiger partial charge in [-0.15, -0.1) is 0 Å². The van der Waals surface area contributed by atoms with Gasteiger partial charge >= 0.3 is 6.09 Å². The number of amides is 1. The third-order valence-corrected chi connectivity index (χ3v) is 3.05. The van der Waals surface area contributed by atoms with Gasteiger partial charge in [0.15, 0.2) is 0 Å². The molecule has 2 aromatic carbocycles. The van der Waals surface area contributed by atoms with Crippen molar-refractivity contribution in [1.82, 2.24) is 5.32 Å². The molecule has 1 amide bonds. The van der Waals surface area contributed by atoms with Crippen LogP contribution in [0, 0.1) is 0 Å². The van der Waals surface area contributed by atoms with Crippen LogP contribution in [0.25, 0.3) is 0 Å². The number of methoxy groups -OCH3 is 1. The van der Waals surface area contributed by atoms with Crippen LogP contribution in [0.15, 0.2) is 54.6 Å². The van der Waals surface area contributed by atoms with Crippen molar-refractivity contribution >= 4 is 6.09 Å². The Balaban J connectivity index is 1.66. The summed E-state index contributed by atoms with van der Waals surface area (Å²) in [7, 11) is 1.64. The first-order valence-corrected chi connectivity index (χ1v) is 6.85. The molecule has 1 N–H and O–H groups in total. The van der Waals surface area contributed by atoms with E-state index in [2.05, 4.69) is 5.32 Å². The summed E-state index contributed by atoms with van der Waals surface area (Å²) in [6, 6.07) is 17.4. The molecule has 0 saturated heterocycles. The number of nitrogens with one attached hydrogen (secondary N) is 1. The summed E-state index contributed by atoms with van der Waals surface area (Å²) in [6.07, 6.45) is 0.358. The average Bonchev–Trinajstić information content (AvgIpc) is 2.54. The lowest BCUT2D eigenvalue weighted by Crippen LogP contribution is -2.26. The molecule has 0 fully saturated rings. The van der Waals surface area contributed by atoms with Crippen molar-refractivity contribution in [1.29, 1.82) is 0 Å². The van der Waals surface area contributed by atoms with Crippen LogP contribution < -0.4 is 10.1 Å².